The summed E-state index contributed by atoms with van der Waals surface area (Å²) in [7, 11) is 0. The van der Waals surface area contributed by atoms with Crippen molar-refractivity contribution in [3.8, 4) is 0 Å². The molecule has 4 fully saturated rings. The SMILES string of the molecule is C[C@@]1(N2CCC(c3cc4cc(NC(=O)[C@H]5CC56CCOC6)ncc4cc3Cl)CC2)COC[C@@H]1F. The number of nitrogens with one attached hydrogen (secondary N) is 1. The lowest BCUT2D eigenvalue weighted by Crippen LogP contribution is -2.55. The standard InChI is InChI=1S/C26H31ClFN3O3/c1-25(14-34-13-22(25)28)31-5-2-16(3-6-31)19-8-17-10-23(29-12-18(17)9-21(19)27)30-24(32)20-11-26(20)4-7-33-15-26/h8-10,12,16,20,22H,2-7,11,13-15H2,1H3,(H,29,30,32)/t20-,22+,25-,26?/m1/s1. The molecule has 4 aliphatic rings. The van der Waals surface area contributed by atoms with Gasteiger partial charge in [0.25, 0.3) is 0 Å². The molecule has 2 aromatic rings. The van der Waals surface area contributed by atoms with Crippen LogP contribution in [0, 0.1) is 11.3 Å². The van der Waals surface area contributed by atoms with Crippen LogP contribution in [-0.2, 0) is 14.3 Å². The van der Waals surface area contributed by atoms with Crippen molar-refractivity contribution in [1.82, 2.24) is 9.88 Å². The van der Waals surface area contributed by atoms with Crippen molar-refractivity contribution in [2.24, 2.45) is 11.3 Å². The number of hydrogen-bond donors (Lipinski definition) is 1. The Kier molecular flexibility index (Phi) is 5.60. The minimum Gasteiger partial charge on any atom is -0.381 e. The molecule has 0 bridgehead atoms. The third-order valence-electron chi connectivity index (χ3n) is 8.72. The number of nitrogens with zero attached hydrogens (tertiary/aromatic N) is 2. The second-order valence-electron chi connectivity index (χ2n) is 10.8. The Labute approximate surface area is 204 Å². The van der Waals surface area contributed by atoms with Crippen LogP contribution in [0.1, 0.15) is 44.1 Å². The van der Waals surface area contributed by atoms with Gasteiger partial charge in [0.2, 0.25) is 5.91 Å². The quantitative estimate of drug-likeness (QED) is 0.685. The van der Waals surface area contributed by atoms with Crippen molar-refractivity contribution in [3.63, 3.8) is 0 Å². The first-order valence-corrected chi connectivity index (χ1v) is 12.7. The van der Waals surface area contributed by atoms with Crippen molar-refractivity contribution < 1.29 is 18.7 Å². The Balaban J connectivity index is 1.16. The molecule has 1 aromatic carbocycles. The van der Waals surface area contributed by atoms with Gasteiger partial charge in [0.15, 0.2) is 0 Å². The molecule has 1 aromatic heterocycles. The number of rotatable bonds is 4. The largest absolute Gasteiger partial charge is 0.381 e. The van der Waals surface area contributed by atoms with Crippen LogP contribution in [-0.4, -0.2) is 67.0 Å². The Bertz CT molecular complexity index is 1120. The molecule has 34 heavy (non-hydrogen) atoms. The highest BCUT2D eigenvalue weighted by Crippen LogP contribution is 2.58. The number of halogens is 2. The molecule has 1 N–H and O–H groups in total. The molecule has 182 valence electrons. The Morgan fingerprint density at radius 1 is 1.21 bits per heavy atom. The maximum Gasteiger partial charge on any atom is 0.229 e. The van der Waals surface area contributed by atoms with Crippen molar-refractivity contribution in [2.75, 3.05) is 44.8 Å². The topological polar surface area (TPSA) is 63.7 Å². The molecule has 1 unspecified atom stereocenters. The van der Waals surface area contributed by atoms with E-state index in [1.54, 1.807) is 6.20 Å². The number of aromatic nitrogens is 1. The maximum absolute atomic E-state index is 14.5. The molecule has 3 saturated heterocycles. The summed E-state index contributed by atoms with van der Waals surface area (Å²) in [5.74, 6) is 0.950. The van der Waals surface area contributed by atoms with Crippen LogP contribution >= 0.6 is 11.6 Å². The molecule has 4 heterocycles. The van der Waals surface area contributed by atoms with Crippen LogP contribution in [0.2, 0.25) is 5.02 Å². The van der Waals surface area contributed by atoms with Gasteiger partial charge in [-0.3, -0.25) is 9.69 Å². The van der Waals surface area contributed by atoms with Crippen molar-refractivity contribution in [3.05, 3.63) is 35.0 Å². The molecular formula is C26H31ClFN3O3. The molecule has 4 atom stereocenters. The van der Waals surface area contributed by atoms with Crippen LogP contribution in [0.25, 0.3) is 10.8 Å². The highest BCUT2D eigenvalue weighted by atomic mass is 35.5. The number of alkyl halides is 1. The van der Waals surface area contributed by atoms with E-state index in [4.69, 9.17) is 21.1 Å². The smallest absolute Gasteiger partial charge is 0.229 e. The number of piperidine rings is 1. The van der Waals surface area contributed by atoms with E-state index in [0.717, 1.165) is 66.7 Å². The number of fused-ring (bicyclic) bond motifs is 1. The normalized spacial score (nSPS) is 34.2. The van der Waals surface area contributed by atoms with Gasteiger partial charge in [-0.1, -0.05) is 11.6 Å². The zero-order chi connectivity index (χ0) is 23.5. The van der Waals surface area contributed by atoms with Crippen molar-refractivity contribution in [2.45, 2.75) is 50.2 Å². The Morgan fingerprint density at radius 2 is 2.03 bits per heavy atom. The first-order chi connectivity index (χ1) is 16.4. The van der Waals surface area contributed by atoms with Gasteiger partial charge in [0.1, 0.15) is 12.0 Å². The second-order valence-corrected chi connectivity index (χ2v) is 11.2. The fraction of sp³-hybridized carbons (Fsp3) is 0.615. The molecule has 3 aliphatic heterocycles. The van der Waals surface area contributed by atoms with Gasteiger partial charge in [0.05, 0.1) is 25.4 Å². The lowest BCUT2D eigenvalue weighted by atomic mass is 9.85. The van der Waals surface area contributed by atoms with E-state index in [-0.39, 0.29) is 23.8 Å². The second kappa shape index (κ2) is 8.40. The van der Waals surface area contributed by atoms with Crippen LogP contribution in [0.15, 0.2) is 24.4 Å². The predicted octanol–water partition coefficient (Wildman–Crippen LogP) is 4.56. The van der Waals surface area contributed by atoms with Crippen molar-refractivity contribution in [1.29, 1.82) is 0 Å². The van der Waals surface area contributed by atoms with Gasteiger partial charge in [0, 0.05) is 34.5 Å². The monoisotopic (exact) mass is 487 g/mol. The molecule has 6 rings (SSSR count). The Hall–Kier alpha value is -1.80. The number of anilines is 1. The van der Waals surface area contributed by atoms with E-state index >= 15 is 0 Å². The molecule has 1 spiro atoms. The van der Waals surface area contributed by atoms with Gasteiger partial charge >= 0.3 is 0 Å². The average Bonchev–Trinajstić information content (AvgIpc) is 3.14. The number of amides is 1. The predicted molar refractivity (Wildman–Crippen MR) is 129 cm³/mol. The maximum atomic E-state index is 14.5. The fourth-order valence-electron chi connectivity index (χ4n) is 6.18. The zero-order valence-electron chi connectivity index (χ0n) is 19.5. The third kappa shape index (κ3) is 3.81. The number of likely N-dealkylation sites (tertiary alicyclic amines) is 1. The molecular weight excluding hydrogens is 457 g/mol. The lowest BCUT2D eigenvalue weighted by Gasteiger charge is -2.43. The molecule has 8 heteroatoms. The van der Waals surface area contributed by atoms with Gasteiger partial charge in [-0.2, -0.15) is 0 Å². The molecule has 1 aliphatic carbocycles. The number of carbonyl (C=O) groups excluding carboxylic acids is 1. The van der Waals surface area contributed by atoms with E-state index in [9.17, 15) is 9.18 Å². The highest BCUT2D eigenvalue weighted by Gasteiger charge is 2.59. The molecule has 1 amide bonds. The summed E-state index contributed by atoms with van der Waals surface area (Å²) in [6.45, 7) is 5.70. The summed E-state index contributed by atoms with van der Waals surface area (Å²) in [4.78, 5) is 19.5. The van der Waals surface area contributed by atoms with Gasteiger partial charge in [-0.05, 0) is 80.8 Å². The van der Waals surface area contributed by atoms with Crippen LogP contribution < -0.4 is 5.32 Å². The number of ether oxygens (including phenoxy) is 2. The summed E-state index contributed by atoms with van der Waals surface area (Å²) in [6, 6.07) is 6.04. The zero-order valence-corrected chi connectivity index (χ0v) is 20.2. The fourth-order valence-corrected chi connectivity index (χ4v) is 6.51. The third-order valence-corrected chi connectivity index (χ3v) is 9.05. The minimum atomic E-state index is -0.943. The minimum absolute atomic E-state index is 0.0227. The summed E-state index contributed by atoms with van der Waals surface area (Å²) < 4.78 is 25.4. The van der Waals surface area contributed by atoms with Crippen LogP contribution in [0.3, 0.4) is 0 Å². The number of hydrogen-bond acceptors (Lipinski definition) is 5. The number of carbonyl (C=O) groups is 1. The summed E-state index contributed by atoms with van der Waals surface area (Å²) in [6.07, 6.45) is 4.55. The first kappa shape index (κ1) is 22.7. The first-order valence-electron chi connectivity index (χ1n) is 12.3. The van der Waals surface area contributed by atoms with Crippen molar-refractivity contribution >= 4 is 34.1 Å². The molecule has 1 saturated carbocycles. The molecule has 0 radical (unpaired) electrons. The summed E-state index contributed by atoms with van der Waals surface area (Å²) >= 11 is 6.69. The average molecular weight is 488 g/mol. The number of benzene rings is 1. The number of pyridine rings is 1. The molecule has 6 nitrogen and oxygen atoms in total. The van der Waals surface area contributed by atoms with E-state index < -0.39 is 11.7 Å². The lowest BCUT2D eigenvalue weighted by molar-refractivity contribution is -0.118. The van der Waals surface area contributed by atoms with E-state index in [2.05, 4.69) is 21.3 Å². The summed E-state index contributed by atoms with van der Waals surface area (Å²) in [5.41, 5.74) is 0.647. The van der Waals surface area contributed by atoms with Gasteiger partial charge in [-0.15, -0.1) is 0 Å². The summed E-state index contributed by atoms with van der Waals surface area (Å²) in [5, 5.41) is 5.72. The van der Waals surface area contributed by atoms with Gasteiger partial charge < -0.3 is 14.8 Å². The Morgan fingerprint density at radius 3 is 2.74 bits per heavy atom. The van der Waals surface area contributed by atoms with Crippen LogP contribution in [0.4, 0.5) is 10.2 Å². The van der Waals surface area contributed by atoms with Gasteiger partial charge in [-0.25, -0.2) is 9.37 Å². The van der Waals surface area contributed by atoms with E-state index in [1.165, 1.54) is 0 Å². The highest BCUT2D eigenvalue weighted by molar-refractivity contribution is 6.32. The van der Waals surface area contributed by atoms with E-state index in [0.29, 0.717) is 24.9 Å². The van der Waals surface area contributed by atoms with Crippen LogP contribution in [0.5, 0.6) is 0 Å². The van der Waals surface area contributed by atoms with E-state index in [1.807, 2.05) is 19.1 Å².